The Labute approximate surface area is 163 Å². The van der Waals surface area contributed by atoms with Gasteiger partial charge >= 0.3 is 0 Å². The molecule has 5 nitrogen and oxygen atoms in total. The molecule has 2 unspecified atom stereocenters. The molecule has 1 amide bonds. The predicted octanol–water partition coefficient (Wildman–Crippen LogP) is 3.78. The average Bonchev–Trinajstić information content (AvgIpc) is 3.12. The van der Waals surface area contributed by atoms with Crippen molar-refractivity contribution in [2.45, 2.75) is 44.7 Å². The van der Waals surface area contributed by atoms with E-state index in [1.807, 2.05) is 11.6 Å². The average molecular weight is 399 g/mol. The van der Waals surface area contributed by atoms with Crippen LogP contribution in [0.5, 0.6) is 0 Å². The van der Waals surface area contributed by atoms with E-state index in [9.17, 15) is 13.6 Å². The normalized spacial score (nSPS) is 17.8. The van der Waals surface area contributed by atoms with Crippen molar-refractivity contribution in [1.29, 1.82) is 0 Å². The molecule has 8 heteroatoms. The van der Waals surface area contributed by atoms with Crippen molar-refractivity contribution in [3.63, 3.8) is 0 Å². The number of hydrogen-bond acceptors (Lipinski definition) is 3. The van der Waals surface area contributed by atoms with Crippen LogP contribution in [0.25, 0.3) is 0 Å². The molecule has 1 aliphatic rings. The summed E-state index contributed by atoms with van der Waals surface area (Å²) in [5, 5.41) is 10.5. The molecule has 2 atom stereocenters. The van der Waals surface area contributed by atoms with Gasteiger partial charge in [-0.3, -0.25) is 9.48 Å². The maximum Gasteiger partial charge on any atom is 0.272 e. The zero-order chi connectivity index (χ0) is 18.5. The lowest BCUT2D eigenvalue weighted by Gasteiger charge is -2.23. The van der Waals surface area contributed by atoms with Crippen LogP contribution < -0.4 is 10.6 Å². The molecule has 1 aromatic heterocycles. The quantitative estimate of drug-likeness (QED) is 0.778. The minimum atomic E-state index is -0.650. The molecule has 1 fully saturated rings. The molecule has 0 aliphatic carbocycles. The fraction of sp³-hybridized carbons (Fsp3) is 0.474. The van der Waals surface area contributed by atoms with Gasteiger partial charge < -0.3 is 10.6 Å². The number of rotatable bonds is 6. The van der Waals surface area contributed by atoms with Crippen LogP contribution in [-0.4, -0.2) is 28.8 Å². The van der Waals surface area contributed by atoms with E-state index in [2.05, 4.69) is 15.7 Å². The van der Waals surface area contributed by atoms with Crippen LogP contribution in [0.3, 0.4) is 0 Å². The van der Waals surface area contributed by atoms with Gasteiger partial charge in [0.05, 0.1) is 12.1 Å². The van der Waals surface area contributed by atoms with Crippen LogP contribution in [0.4, 0.5) is 8.78 Å². The molecule has 1 aromatic carbocycles. The SMILES string of the molecule is CCCC(NC(=O)c1ccn(C2CCCNC2)n1)c1ccc(F)cc1F.Cl. The van der Waals surface area contributed by atoms with Gasteiger partial charge in [0.25, 0.3) is 5.91 Å². The van der Waals surface area contributed by atoms with Crippen LogP contribution in [-0.2, 0) is 0 Å². The summed E-state index contributed by atoms with van der Waals surface area (Å²) >= 11 is 0. The molecule has 27 heavy (non-hydrogen) atoms. The highest BCUT2D eigenvalue weighted by molar-refractivity contribution is 5.92. The highest BCUT2D eigenvalue weighted by atomic mass is 35.5. The second-order valence-corrected chi connectivity index (χ2v) is 6.66. The van der Waals surface area contributed by atoms with E-state index < -0.39 is 17.7 Å². The Hall–Kier alpha value is -1.99. The second-order valence-electron chi connectivity index (χ2n) is 6.66. The fourth-order valence-electron chi connectivity index (χ4n) is 3.33. The summed E-state index contributed by atoms with van der Waals surface area (Å²) in [6.45, 7) is 3.79. The highest BCUT2D eigenvalue weighted by Gasteiger charge is 2.22. The van der Waals surface area contributed by atoms with Crippen LogP contribution in [0, 0.1) is 11.6 Å². The van der Waals surface area contributed by atoms with Crippen LogP contribution in [0.15, 0.2) is 30.5 Å². The summed E-state index contributed by atoms with van der Waals surface area (Å²) in [5.74, 6) is -1.63. The minimum absolute atomic E-state index is 0. The van der Waals surface area contributed by atoms with Gasteiger partial charge in [-0.2, -0.15) is 5.10 Å². The van der Waals surface area contributed by atoms with Crippen molar-refractivity contribution in [1.82, 2.24) is 20.4 Å². The van der Waals surface area contributed by atoms with Crippen molar-refractivity contribution >= 4 is 18.3 Å². The molecular weight excluding hydrogens is 374 g/mol. The monoisotopic (exact) mass is 398 g/mol. The fourth-order valence-corrected chi connectivity index (χ4v) is 3.33. The first-order valence-corrected chi connectivity index (χ1v) is 9.10. The lowest BCUT2D eigenvalue weighted by molar-refractivity contribution is 0.0927. The van der Waals surface area contributed by atoms with Crippen molar-refractivity contribution in [3.8, 4) is 0 Å². The van der Waals surface area contributed by atoms with Crippen LogP contribution in [0.2, 0.25) is 0 Å². The zero-order valence-corrected chi connectivity index (χ0v) is 16.1. The van der Waals surface area contributed by atoms with E-state index in [0.717, 1.165) is 38.4 Å². The molecule has 2 aromatic rings. The summed E-state index contributed by atoms with van der Waals surface area (Å²) in [6.07, 6.45) is 5.22. The third kappa shape index (κ3) is 5.26. The van der Waals surface area contributed by atoms with Gasteiger partial charge in [0, 0.05) is 24.4 Å². The summed E-state index contributed by atoms with van der Waals surface area (Å²) in [4.78, 5) is 12.6. The number of hydrogen-bond donors (Lipinski definition) is 2. The first-order chi connectivity index (χ1) is 12.6. The van der Waals surface area contributed by atoms with Crippen molar-refractivity contribution < 1.29 is 13.6 Å². The number of carbonyl (C=O) groups excluding carboxylic acids is 1. The van der Waals surface area contributed by atoms with Gasteiger partial charge in [-0.05, 0) is 37.9 Å². The predicted molar refractivity (Wildman–Crippen MR) is 102 cm³/mol. The first-order valence-electron chi connectivity index (χ1n) is 9.10. The number of nitrogens with one attached hydrogen (secondary N) is 2. The number of benzene rings is 1. The van der Waals surface area contributed by atoms with Crippen molar-refractivity contribution in [2.24, 2.45) is 0 Å². The van der Waals surface area contributed by atoms with Crippen molar-refractivity contribution in [2.75, 3.05) is 13.1 Å². The Morgan fingerprint density at radius 1 is 1.41 bits per heavy atom. The lowest BCUT2D eigenvalue weighted by Crippen LogP contribution is -2.32. The van der Waals surface area contributed by atoms with E-state index in [1.165, 1.54) is 12.1 Å². The zero-order valence-electron chi connectivity index (χ0n) is 15.3. The number of nitrogens with zero attached hydrogens (tertiary/aromatic N) is 2. The first kappa shape index (κ1) is 21.3. The summed E-state index contributed by atoms with van der Waals surface area (Å²) < 4.78 is 29.1. The second kappa shape index (κ2) is 9.80. The van der Waals surface area contributed by atoms with E-state index >= 15 is 0 Å². The van der Waals surface area contributed by atoms with E-state index in [4.69, 9.17) is 0 Å². The molecule has 0 spiro atoms. The Morgan fingerprint density at radius 3 is 2.89 bits per heavy atom. The smallest absolute Gasteiger partial charge is 0.272 e. The van der Waals surface area contributed by atoms with Gasteiger partial charge in [0.1, 0.15) is 17.3 Å². The third-order valence-corrected chi connectivity index (χ3v) is 4.71. The molecule has 0 bridgehead atoms. The molecule has 148 valence electrons. The Kier molecular flexibility index (Phi) is 7.74. The topological polar surface area (TPSA) is 59.0 Å². The van der Waals surface area contributed by atoms with Crippen LogP contribution >= 0.6 is 12.4 Å². The van der Waals surface area contributed by atoms with E-state index in [0.29, 0.717) is 12.1 Å². The number of carbonyl (C=O) groups is 1. The highest BCUT2D eigenvalue weighted by Crippen LogP contribution is 2.23. The van der Waals surface area contributed by atoms with Gasteiger partial charge in [-0.1, -0.05) is 19.4 Å². The summed E-state index contributed by atoms with van der Waals surface area (Å²) in [6, 6.07) is 4.83. The Morgan fingerprint density at radius 2 is 2.22 bits per heavy atom. The van der Waals surface area contributed by atoms with Gasteiger partial charge in [0.2, 0.25) is 0 Å². The number of halogens is 3. The maximum absolute atomic E-state index is 14.1. The molecule has 1 saturated heterocycles. The molecule has 3 rings (SSSR count). The molecule has 2 N–H and O–H groups in total. The molecule has 2 heterocycles. The molecule has 1 aliphatic heterocycles. The molecule has 0 saturated carbocycles. The maximum atomic E-state index is 14.1. The van der Waals surface area contributed by atoms with Gasteiger partial charge in [-0.25, -0.2) is 8.78 Å². The standard InChI is InChI=1S/C19H24F2N4O.ClH/c1-2-4-17(15-7-6-13(20)11-16(15)21)23-19(26)18-8-10-25(24-18)14-5-3-9-22-12-14;/h6-8,10-11,14,17,22H,2-5,9,12H2,1H3,(H,23,26);1H. The van der Waals surface area contributed by atoms with Crippen molar-refractivity contribution in [3.05, 3.63) is 53.4 Å². The Balaban J connectivity index is 0.00000261. The van der Waals surface area contributed by atoms with Gasteiger partial charge in [0.15, 0.2) is 0 Å². The number of aromatic nitrogens is 2. The summed E-state index contributed by atoms with van der Waals surface area (Å²) in [5.41, 5.74) is 0.594. The van der Waals surface area contributed by atoms with E-state index in [-0.39, 0.29) is 29.9 Å². The van der Waals surface area contributed by atoms with E-state index in [1.54, 1.807) is 12.3 Å². The number of amides is 1. The van der Waals surface area contributed by atoms with Crippen LogP contribution in [0.1, 0.15) is 60.7 Å². The lowest BCUT2D eigenvalue weighted by atomic mass is 10.0. The minimum Gasteiger partial charge on any atom is -0.344 e. The molecular formula is C19H25ClF2N4O. The number of piperidine rings is 1. The Bertz CT molecular complexity index is 762. The molecule has 0 radical (unpaired) electrons. The summed E-state index contributed by atoms with van der Waals surface area (Å²) in [7, 11) is 0. The third-order valence-electron chi connectivity index (χ3n) is 4.71. The largest absolute Gasteiger partial charge is 0.344 e. The van der Waals surface area contributed by atoms with Gasteiger partial charge in [-0.15, -0.1) is 12.4 Å².